The van der Waals surface area contributed by atoms with Gasteiger partial charge in [0.05, 0.1) is 6.07 Å². The molecule has 0 rings (SSSR count). The summed E-state index contributed by atoms with van der Waals surface area (Å²) in [5.41, 5.74) is 0. The zero-order valence-electron chi connectivity index (χ0n) is 5.63. The molecule has 0 aromatic carbocycles. The smallest absolute Gasteiger partial charge is 0.216 e. The summed E-state index contributed by atoms with van der Waals surface area (Å²) in [6.07, 6.45) is 0.469. The first-order valence-electron chi connectivity index (χ1n) is 2.69. The van der Waals surface area contributed by atoms with Gasteiger partial charge < -0.3 is 4.52 Å². The van der Waals surface area contributed by atoms with Gasteiger partial charge in [0.1, 0.15) is 6.16 Å². The molecule has 4 heteroatoms. The third-order valence-electron chi connectivity index (χ3n) is 1.13. The number of hydrogen-bond donors (Lipinski definition) is 0. The van der Waals surface area contributed by atoms with E-state index in [2.05, 4.69) is 4.52 Å². The van der Waals surface area contributed by atoms with E-state index in [0.717, 1.165) is 0 Å². The van der Waals surface area contributed by atoms with Crippen molar-refractivity contribution in [1.82, 2.24) is 0 Å². The predicted molar refractivity (Wildman–Crippen MR) is 35.6 cm³/mol. The number of hydrogen-bond acceptors (Lipinski definition) is 3. The van der Waals surface area contributed by atoms with Crippen LogP contribution in [0.2, 0.25) is 0 Å². The first-order valence-corrected chi connectivity index (χ1v) is 4.69. The van der Waals surface area contributed by atoms with Crippen LogP contribution in [0.15, 0.2) is 0 Å². The second kappa shape index (κ2) is 3.66. The molecule has 0 fully saturated rings. The standard InChI is InChI=1S/C5H10NO2P/c1-3-9(7,8-2)5-4-6/h3,5H2,1-2H3. The monoisotopic (exact) mass is 147 g/mol. The summed E-state index contributed by atoms with van der Waals surface area (Å²) in [4.78, 5) is 0. The first kappa shape index (κ1) is 8.68. The number of rotatable bonds is 3. The van der Waals surface area contributed by atoms with Gasteiger partial charge in [-0.25, -0.2) is 0 Å². The molecular formula is C5H10NO2P. The molecule has 0 aliphatic carbocycles. The van der Waals surface area contributed by atoms with Crippen LogP contribution in [0.1, 0.15) is 6.92 Å². The predicted octanol–water partition coefficient (Wildman–Crippen LogP) is 1.45. The third kappa shape index (κ3) is 2.64. The van der Waals surface area contributed by atoms with Crippen LogP contribution in [0.3, 0.4) is 0 Å². The van der Waals surface area contributed by atoms with Crippen molar-refractivity contribution in [3.63, 3.8) is 0 Å². The van der Waals surface area contributed by atoms with E-state index in [-0.39, 0.29) is 6.16 Å². The van der Waals surface area contributed by atoms with Gasteiger partial charge in [-0.1, -0.05) is 6.92 Å². The van der Waals surface area contributed by atoms with Crippen LogP contribution in [0.4, 0.5) is 0 Å². The summed E-state index contributed by atoms with van der Waals surface area (Å²) in [5.74, 6) is 0. The molecule has 0 heterocycles. The Morgan fingerprint density at radius 1 is 1.78 bits per heavy atom. The van der Waals surface area contributed by atoms with Crippen molar-refractivity contribution in [1.29, 1.82) is 5.26 Å². The maximum absolute atomic E-state index is 11.1. The third-order valence-corrected chi connectivity index (χ3v) is 3.38. The van der Waals surface area contributed by atoms with E-state index in [0.29, 0.717) is 6.16 Å². The number of nitrogens with zero attached hydrogens (tertiary/aromatic N) is 1. The van der Waals surface area contributed by atoms with Gasteiger partial charge in [0.25, 0.3) is 0 Å². The Morgan fingerprint density at radius 2 is 2.33 bits per heavy atom. The summed E-state index contributed by atoms with van der Waals surface area (Å²) < 4.78 is 15.8. The van der Waals surface area contributed by atoms with Gasteiger partial charge in [0.15, 0.2) is 0 Å². The summed E-state index contributed by atoms with van der Waals surface area (Å²) in [5, 5.41) is 8.16. The molecule has 52 valence electrons. The van der Waals surface area contributed by atoms with E-state index in [1.165, 1.54) is 7.11 Å². The largest absolute Gasteiger partial charge is 0.331 e. The molecule has 0 radical (unpaired) electrons. The summed E-state index contributed by atoms with van der Waals surface area (Å²) in [6.45, 7) is 1.75. The van der Waals surface area contributed by atoms with Crippen molar-refractivity contribution in [3.05, 3.63) is 0 Å². The fraction of sp³-hybridized carbons (Fsp3) is 0.800. The lowest BCUT2D eigenvalue weighted by Gasteiger charge is -2.07. The SMILES string of the molecule is CCP(=O)(CC#N)OC. The number of nitriles is 1. The Morgan fingerprint density at radius 3 is 2.44 bits per heavy atom. The molecule has 9 heavy (non-hydrogen) atoms. The highest BCUT2D eigenvalue weighted by molar-refractivity contribution is 7.59. The minimum Gasteiger partial charge on any atom is -0.331 e. The lowest BCUT2D eigenvalue weighted by molar-refractivity contribution is 0.397. The van der Waals surface area contributed by atoms with Crippen LogP contribution in [-0.2, 0) is 9.09 Å². The summed E-state index contributed by atoms with van der Waals surface area (Å²) in [7, 11) is -1.17. The molecule has 0 aliphatic rings. The lowest BCUT2D eigenvalue weighted by Crippen LogP contribution is -1.91. The highest BCUT2D eigenvalue weighted by Crippen LogP contribution is 2.44. The van der Waals surface area contributed by atoms with E-state index in [9.17, 15) is 4.57 Å². The quantitative estimate of drug-likeness (QED) is 0.567. The van der Waals surface area contributed by atoms with Gasteiger partial charge in [-0.05, 0) is 0 Å². The molecule has 0 amide bonds. The second-order valence-electron chi connectivity index (χ2n) is 1.63. The second-order valence-corrected chi connectivity index (χ2v) is 4.57. The Kier molecular flexibility index (Phi) is 3.53. The maximum Gasteiger partial charge on any atom is 0.216 e. The average molecular weight is 147 g/mol. The van der Waals surface area contributed by atoms with Crippen molar-refractivity contribution in [2.45, 2.75) is 6.92 Å². The molecule has 0 saturated carbocycles. The van der Waals surface area contributed by atoms with Crippen molar-refractivity contribution in [2.75, 3.05) is 19.4 Å². The van der Waals surface area contributed by atoms with E-state index in [1.54, 1.807) is 6.92 Å². The van der Waals surface area contributed by atoms with Gasteiger partial charge in [0.2, 0.25) is 7.37 Å². The van der Waals surface area contributed by atoms with E-state index < -0.39 is 7.37 Å². The fourth-order valence-electron chi connectivity index (χ4n) is 0.413. The topological polar surface area (TPSA) is 50.1 Å². The van der Waals surface area contributed by atoms with Gasteiger partial charge in [-0.2, -0.15) is 5.26 Å². The summed E-state index contributed by atoms with van der Waals surface area (Å²) in [6, 6.07) is 1.82. The molecule has 0 aromatic rings. The molecule has 0 aromatic heterocycles. The van der Waals surface area contributed by atoms with E-state index in [1.807, 2.05) is 6.07 Å². The van der Waals surface area contributed by atoms with Crippen LogP contribution in [0.5, 0.6) is 0 Å². The molecule has 0 saturated heterocycles. The Labute approximate surface area is 55.1 Å². The van der Waals surface area contributed by atoms with E-state index >= 15 is 0 Å². The molecule has 0 aliphatic heterocycles. The van der Waals surface area contributed by atoms with Gasteiger partial charge in [-0.3, -0.25) is 4.57 Å². The average Bonchev–Trinajstić information content (AvgIpc) is 1.89. The molecule has 1 atom stereocenters. The zero-order chi connectivity index (χ0) is 7.33. The molecule has 0 N–H and O–H groups in total. The van der Waals surface area contributed by atoms with Crippen LogP contribution >= 0.6 is 7.37 Å². The normalized spacial score (nSPS) is 16.1. The van der Waals surface area contributed by atoms with Crippen LogP contribution in [0, 0.1) is 11.3 Å². The van der Waals surface area contributed by atoms with Crippen molar-refractivity contribution < 1.29 is 9.09 Å². The van der Waals surface area contributed by atoms with Crippen molar-refractivity contribution in [3.8, 4) is 6.07 Å². The van der Waals surface area contributed by atoms with Gasteiger partial charge in [0, 0.05) is 13.3 Å². The first-order chi connectivity index (χ1) is 4.18. The lowest BCUT2D eigenvalue weighted by atomic mass is 10.9. The molecule has 3 nitrogen and oxygen atoms in total. The minimum atomic E-state index is -2.54. The zero-order valence-corrected chi connectivity index (χ0v) is 6.52. The molecule has 0 spiro atoms. The minimum absolute atomic E-state index is 0.0278. The molecule has 1 unspecified atom stereocenters. The highest BCUT2D eigenvalue weighted by Gasteiger charge is 2.16. The maximum atomic E-state index is 11.1. The van der Waals surface area contributed by atoms with Gasteiger partial charge in [-0.15, -0.1) is 0 Å². The van der Waals surface area contributed by atoms with Crippen LogP contribution < -0.4 is 0 Å². The van der Waals surface area contributed by atoms with Crippen LogP contribution in [-0.4, -0.2) is 19.4 Å². The Hall–Kier alpha value is -0.320. The molecule has 0 bridgehead atoms. The Bertz CT molecular complexity index is 153. The van der Waals surface area contributed by atoms with E-state index in [4.69, 9.17) is 5.26 Å². The Balaban J connectivity index is 3.98. The highest BCUT2D eigenvalue weighted by atomic mass is 31.2. The van der Waals surface area contributed by atoms with Crippen LogP contribution in [0.25, 0.3) is 0 Å². The van der Waals surface area contributed by atoms with Crippen molar-refractivity contribution >= 4 is 7.37 Å². The molecular weight excluding hydrogens is 137 g/mol. The van der Waals surface area contributed by atoms with Gasteiger partial charge >= 0.3 is 0 Å². The van der Waals surface area contributed by atoms with Crippen molar-refractivity contribution in [2.24, 2.45) is 0 Å². The fourth-order valence-corrected chi connectivity index (χ4v) is 1.24. The summed E-state index contributed by atoms with van der Waals surface area (Å²) >= 11 is 0.